The monoisotopic (exact) mass is 312 g/mol. The summed E-state index contributed by atoms with van der Waals surface area (Å²) in [4.78, 5) is 16.2. The van der Waals surface area contributed by atoms with Crippen LogP contribution in [0.2, 0.25) is 0 Å². The van der Waals surface area contributed by atoms with Gasteiger partial charge in [0, 0.05) is 23.9 Å². The normalized spacial score (nSPS) is 10.7. The molecule has 112 valence electrons. The first-order valence-electron chi connectivity index (χ1n) is 6.28. The molecule has 0 aliphatic heterocycles. The maximum atomic E-state index is 12.0. The van der Waals surface area contributed by atoms with Crippen molar-refractivity contribution in [3.05, 3.63) is 45.9 Å². The number of aromatic nitrogens is 1. The van der Waals surface area contributed by atoms with E-state index in [9.17, 15) is 13.6 Å². The van der Waals surface area contributed by atoms with E-state index in [-0.39, 0.29) is 11.7 Å². The third kappa shape index (κ3) is 4.78. The molecule has 0 aliphatic rings. The van der Waals surface area contributed by atoms with Gasteiger partial charge >= 0.3 is 6.61 Å². The number of benzene rings is 1. The van der Waals surface area contributed by atoms with Crippen LogP contribution < -0.4 is 10.1 Å². The number of carbonyl (C=O) groups is 1. The summed E-state index contributed by atoms with van der Waals surface area (Å²) in [7, 11) is 0. The molecule has 0 bridgehead atoms. The topological polar surface area (TPSA) is 51.2 Å². The van der Waals surface area contributed by atoms with Crippen LogP contribution in [0.5, 0.6) is 5.75 Å². The fraction of sp³-hybridized carbons (Fsp3) is 0.286. The first-order chi connectivity index (χ1) is 10.0. The molecule has 2 rings (SSSR count). The summed E-state index contributed by atoms with van der Waals surface area (Å²) in [6, 6.07) is 5.57. The number of amides is 1. The highest BCUT2D eigenvalue weighted by atomic mass is 32.1. The van der Waals surface area contributed by atoms with Gasteiger partial charge in [0.1, 0.15) is 5.75 Å². The average Bonchev–Trinajstić information content (AvgIpc) is 2.84. The van der Waals surface area contributed by atoms with Gasteiger partial charge in [0.2, 0.25) is 0 Å². The van der Waals surface area contributed by atoms with Crippen LogP contribution in [-0.2, 0) is 6.42 Å². The zero-order valence-corrected chi connectivity index (χ0v) is 12.1. The zero-order valence-electron chi connectivity index (χ0n) is 11.3. The molecule has 2 aromatic rings. The molecule has 4 nitrogen and oxygen atoms in total. The second-order valence-corrected chi connectivity index (χ2v) is 5.33. The maximum Gasteiger partial charge on any atom is 0.387 e. The molecule has 0 atom stereocenters. The van der Waals surface area contributed by atoms with Crippen molar-refractivity contribution < 1.29 is 18.3 Å². The van der Waals surface area contributed by atoms with Crippen LogP contribution in [0.1, 0.15) is 21.1 Å². The molecule has 7 heteroatoms. The van der Waals surface area contributed by atoms with E-state index in [1.807, 2.05) is 12.3 Å². The molecule has 0 saturated heterocycles. The highest BCUT2D eigenvalue weighted by Crippen LogP contribution is 2.15. The van der Waals surface area contributed by atoms with Crippen LogP contribution in [0.4, 0.5) is 8.78 Å². The standard InChI is InChI=1S/C14H14F2N2O2S/c1-9-18-11(8-21-9)6-7-17-13(19)10-2-4-12(5-3-10)20-14(15)16/h2-5,8,14H,6-7H2,1H3,(H,17,19). The lowest BCUT2D eigenvalue weighted by Crippen LogP contribution is -2.25. The lowest BCUT2D eigenvalue weighted by Gasteiger charge is -2.06. The number of thiazole rings is 1. The van der Waals surface area contributed by atoms with Crippen molar-refractivity contribution in [2.75, 3.05) is 6.54 Å². The van der Waals surface area contributed by atoms with E-state index in [2.05, 4.69) is 15.0 Å². The molecule has 1 aromatic carbocycles. The first-order valence-corrected chi connectivity index (χ1v) is 7.16. The summed E-state index contributed by atoms with van der Waals surface area (Å²) >= 11 is 1.57. The van der Waals surface area contributed by atoms with Gasteiger partial charge in [-0.25, -0.2) is 4.98 Å². The van der Waals surface area contributed by atoms with Crippen LogP contribution >= 0.6 is 11.3 Å². The summed E-state index contributed by atoms with van der Waals surface area (Å²) in [6.45, 7) is -0.473. The molecule has 21 heavy (non-hydrogen) atoms. The SMILES string of the molecule is Cc1nc(CCNC(=O)c2ccc(OC(F)F)cc2)cs1. The third-order valence-electron chi connectivity index (χ3n) is 2.67. The molecule has 1 amide bonds. The largest absolute Gasteiger partial charge is 0.435 e. The Balaban J connectivity index is 1.82. The number of ether oxygens (including phenoxy) is 1. The van der Waals surface area contributed by atoms with E-state index < -0.39 is 6.61 Å². The summed E-state index contributed by atoms with van der Waals surface area (Å²) < 4.78 is 28.2. The molecule has 0 spiro atoms. The van der Waals surface area contributed by atoms with Crippen LogP contribution in [0, 0.1) is 6.92 Å². The third-order valence-corrected chi connectivity index (χ3v) is 3.50. The van der Waals surface area contributed by atoms with Crippen molar-refractivity contribution >= 4 is 17.2 Å². The second-order valence-electron chi connectivity index (χ2n) is 4.27. The predicted octanol–water partition coefficient (Wildman–Crippen LogP) is 3.03. The Bertz CT molecular complexity index is 599. The number of aryl methyl sites for hydroxylation is 1. The molecule has 0 radical (unpaired) electrons. The van der Waals surface area contributed by atoms with E-state index in [1.54, 1.807) is 11.3 Å². The molecular formula is C14H14F2N2O2S. The highest BCUT2D eigenvalue weighted by Gasteiger charge is 2.08. The fourth-order valence-electron chi connectivity index (χ4n) is 1.72. The molecule has 1 heterocycles. The second kappa shape index (κ2) is 7.12. The zero-order chi connectivity index (χ0) is 15.2. The Morgan fingerprint density at radius 3 is 2.67 bits per heavy atom. The predicted molar refractivity (Wildman–Crippen MR) is 76.0 cm³/mol. The Labute approximate surface area is 124 Å². The molecular weight excluding hydrogens is 298 g/mol. The fourth-order valence-corrected chi connectivity index (χ4v) is 2.36. The van der Waals surface area contributed by atoms with Crippen LogP contribution in [0.25, 0.3) is 0 Å². The van der Waals surface area contributed by atoms with Crippen molar-refractivity contribution in [3.8, 4) is 5.75 Å². The number of alkyl halides is 2. The van der Waals surface area contributed by atoms with Crippen LogP contribution in [0.15, 0.2) is 29.6 Å². The van der Waals surface area contributed by atoms with E-state index in [1.165, 1.54) is 24.3 Å². The van der Waals surface area contributed by atoms with Gasteiger partial charge < -0.3 is 10.1 Å². The molecule has 0 unspecified atom stereocenters. The smallest absolute Gasteiger partial charge is 0.387 e. The molecule has 1 N–H and O–H groups in total. The summed E-state index contributed by atoms with van der Waals surface area (Å²) in [5.41, 5.74) is 1.34. The van der Waals surface area contributed by atoms with E-state index >= 15 is 0 Å². The van der Waals surface area contributed by atoms with E-state index in [4.69, 9.17) is 0 Å². The van der Waals surface area contributed by atoms with Gasteiger partial charge in [-0.15, -0.1) is 11.3 Å². The number of rotatable bonds is 6. The van der Waals surface area contributed by atoms with Crippen molar-refractivity contribution in [2.45, 2.75) is 20.0 Å². The van der Waals surface area contributed by atoms with Gasteiger partial charge in [-0.2, -0.15) is 8.78 Å². The van der Waals surface area contributed by atoms with Crippen molar-refractivity contribution in [3.63, 3.8) is 0 Å². The van der Waals surface area contributed by atoms with Crippen molar-refractivity contribution in [2.24, 2.45) is 0 Å². The highest BCUT2D eigenvalue weighted by molar-refractivity contribution is 7.09. The summed E-state index contributed by atoms with van der Waals surface area (Å²) in [5.74, 6) is -0.231. The Hall–Kier alpha value is -2.02. The molecule has 0 saturated carbocycles. The van der Waals surface area contributed by atoms with Gasteiger partial charge in [0.05, 0.1) is 10.7 Å². The number of nitrogens with zero attached hydrogens (tertiary/aromatic N) is 1. The lowest BCUT2D eigenvalue weighted by molar-refractivity contribution is -0.0498. The van der Waals surface area contributed by atoms with Gasteiger partial charge in [0.15, 0.2) is 0 Å². The number of hydrogen-bond donors (Lipinski definition) is 1. The first kappa shape index (κ1) is 15.4. The summed E-state index contributed by atoms with van der Waals surface area (Å²) in [6.07, 6.45) is 0.655. The minimum Gasteiger partial charge on any atom is -0.435 e. The molecule has 1 aromatic heterocycles. The quantitative estimate of drug-likeness (QED) is 0.892. The van der Waals surface area contributed by atoms with Crippen LogP contribution in [-0.4, -0.2) is 24.0 Å². The Morgan fingerprint density at radius 1 is 1.38 bits per heavy atom. The number of nitrogens with one attached hydrogen (secondary N) is 1. The minimum absolute atomic E-state index is 0.0273. The van der Waals surface area contributed by atoms with Crippen LogP contribution in [0.3, 0.4) is 0 Å². The van der Waals surface area contributed by atoms with Crippen molar-refractivity contribution in [1.82, 2.24) is 10.3 Å². The molecule has 0 fully saturated rings. The number of carbonyl (C=O) groups excluding carboxylic acids is 1. The van der Waals surface area contributed by atoms with E-state index in [0.717, 1.165) is 10.7 Å². The lowest BCUT2D eigenvalue weighted by atomic mass is 10.2. The van der Waals surface area contributed by atoms with E-state index in [0.29, 0.717) is 18.5 Å². The Morgan fingerprint density at radius 2 is 2.10 bits per heavy atom. The maximum absolute atomic E-state index is 12.0. The van der Waals surface area contributed by atoms with Gasteiger partial charge in [0.25, 0.3) is 5.91 Å². The van der Waals surface area contributed by atoms with Gasteiger partial charge in [-0.05, 0) is 31.2 Å². The number of hydrogen-bond acceptors (Lipinski definition) is 4. The Kier molecular flexibility index (Phi) is 5.21. The molecule has 0 aliphatic carbocycles. The van der Waals surface area contributed by atoms with Gasteiger partial charge in [-0.3, -0.25) is 4.79 Å². The van der Waals surface area contributed by atoms with Gasteiger partial charge in [-0.1, -0.05) is 0 Å². The average molecular weight is 312 g/mol. The minimum atomic E-state index is -2.87. The summed E-state index contributed by atoms with van der Waals surface area (Å²) in [5, 5.41) is 5.70. The number of halogens is 2. The van der Waals surface area contributed by atoms with Crippen molar-refractivity contribution in [1.29, 1.82) is 0 Å².